The summed E-state index contributed by atoms with van der Waals surface area (Å²) >= 11 is -2.30. The van der Waals surface area contributed by atoms with Crippen LogP contribution in [0.2, 0.25) is 0 Å². The molecule has 0 bridgehead atoms. The van der Waals surface area contributed by atoms with Crippen LogP contribution in [0.4, 0.5) is 0 Å². The SMILES string of the molecule is COC(=O)c1ccc(C(C)OS(=O)O)cc1. The molecule has 0 radical (unpaired) electrons. The Bertz CT molecular complexity index is 387. The van der Waals surface area contributed by atoms with Gasteiger partial charge in [0.1, 0.15) is 0 Å². The van der Waals surface area contributed by atoms with Gasteiger partial charge in [0.2, 0.25) is 0 Å². The second-order valence-corrected chi connectivity index (χ2v) is 3.70. The van der Waals surface area contributed by atoms with Gasteiger partial charge in [-0.1, -0.05) is 12.1 Å². The molecule has 6 heteroatoms. The third-order valence-corrected chi connectivity index (χ3v) is 2.48. The molecular formula is C10H12O5S. The maximum Gasteiger partial charge on any atom is 0.337 e. The van der Waals surface area contributed by atoms with Gasteiger partial charge in [-0.25, -0.2) is 4.79 Å². The van der Waals surface area contributed by atoms with Gasteiger partial charge in [0.15, 0.2) is 0 Å². The van der Waals surface area contributed by atoms with E-state index >= 15 is 0 Å². The van der Waals surface area contributed by atoms with E-state index in [0.29, 0.717) is 11.1 Å². The maximum atomic E-state index is 11.1. The molecule has 16 heavy (non-hydrogen) atoms. The van der Waals surface area contributed by atoms with E-state index in [1.807, 2.05) is 0 Å². The van der Waals surface area contributed by atoms with Crippen LogP contribution in [0.15, 0.2) is 24.3 Å². The van der Waals surface area contributed by atoms with Crippen molar-refractivity contribution in [2.75, 3.05) is 7.11 Å². The number of ether oxygens (including phenoxy) is 1. The zero-order valence-corrected chi connectivity index (χ0v) is 9.69. The third-order valence-electron chi connectivity index (χ3n) is 2.03. The fraction of sp³-hybridized carbons (Fsp3) is 0.300. The Hall–Kier alpha value is -1.24. The summed E-state index contributed by atoms with van der Waals surface area (Å²) in [7, 11) is 1.30. The normalized spacial score (nSPS) is 14.2. The van der Waals surface area contributed by atoms with Crippen LogP contribution in [0.3, 0.4) is 0 Å². The molecule has 0 saturated heterocycles. The highest BCUT2D eigenvalue weighted by molar-refractivity contribution is 7.74. The Morgan fingerprint density at radius 1 is 1.38 bits per heavy atom. The Labute approximate surface area is 95.9 Å². The Morgan fingerprint density at radius 3 is 2.38 bits per heavy atom. The molecule has 5 nitrogen and oxygen atoms in total. The van der Waals surface area contributed by atoms with Gasteiger partial charge in [0.25, 0.3) is 0 Å². The maximum absolute atomic E-state index is 11.1. The van der Waals surface area contributed by atoms with Crippen molar-refractivity contribution >= 4 is 17.3 Å². The van der Waals surface area contributed by atoms with E-state index in [0.717, 1.165) is 0 Å². The predicted octanol–water partition coefficient (Wildman–Crippen LogP) is 1.69. The van der Waals surface area contributed by atoms with Crippen molar-refractivity contribution in [1.82, 2.24) is 0 Å². The van der Waals surface area contributed by atoms with Crippen LogP contribution in [0.5, 0.6) is 0 Å². The molecule has 2 atom stereocenters. The number of benzene rings is 1. The van der Waals surface area contributed by atoms with Gasteiger partial charge in [-0.15, -0.1) is 0 Å². The summed E-state index contributed by atoms with van der Waals surface area (Å²) in [4.78, 5) is 11.1. The average molecular weight is 244 g/mol. The molecule has 0 aliphatic carbocycles. The minimum Gasteiger partial charge on any atom is -0.465 e. The van der Waals surface area contributed by atoms with E-state index in [9.17, 15) is 9.00 Å². The summed E-state index contributed by atoms with van der Waals surface area (Å²) in [6.07, 6.45) is -0.516. The van der Waals surface area contributed by atoms with E-state index < -0.39 is 23.4 Å². The largest absolute Gasteiger partial charge is 0.465 e. The van der Waals surface area contributed by atoms with Gasteiger partial charge in [-0.3, -0.25) is 8.74 Å². The first-order chi connectivity index (χ1) is 7.54. The predicted molar refractivity (Wildman–Crippen MR) is 58.1 cm³/mol. The molecule has 0 saturated carbocycles. The van der Waals surface area contributed by atoms with Gasteiger partial charge in [-0.05, 0) is 24.6 Å². The molecule has 0 aromatic heterocycles. The quantitative estimate of drug-likeness (QED) is 0.644. The van der Waals surface area contributed by atoms with Crippen molar-refractivity contribution in [3.8, 4) is 0 Å². The monoisotopic (exact) mass is 244 g/mol. The zero-order valence-electron chi connectivity index (χ0n) is 8.88. The number of methoxy groups -OCH3 is 1. The highest BCUT2D eigenvalue weighted by atomic mass is 32.2. The molecule has 0 spiro atoms. The first-order valence-corrected chi connectivity index (χ1v) is 5.54. The Kier molecular flexibility index (Phi) is 4.60. The number of hydrogen-bond acceptors (Lipinski definition) is 4. The second-order valence-electron chi connectivity index (χ2n) is 3.07. The van der Waals surface area contributed by atoms with Crippen LogP contribution in [-0.2, 0) is 20.3 Å². The van der Waals surface area contributed by atoms with Crippen LogP contribution in [0.25, 0.3) is 0 Å². The number of carbonyl (C=O) groups is 1. The highest BCUT2D eigenvalue weighted by Crippen LogP contribution is 2.18. The van der Waals surface area contributed by atoms with E-state index in [1.165, 1.54) is 7.11 Å². The molecule has 0 fully saturated rings. The van der Waals surface area contributed by atoms with Crippen LogP contribution >= 0.6 is 0 Å². The van der Waals surface area contributed by atoms with E-state index in [4.69, 9.17) is 4.55 Å². The lowest BCUT2D eigenvalue weighted by Gasteiger charge is -2.09. The molecule has 0 amide bonds. The summed E-state index contributed by atoms with van der Waals surface area (Å²) in [5.74, 6) is -0.425. The molecule has 1 N–H and O–H groups in total. The smallest absolute Gasteiger partial charge is 0.337 e. The fourth-order valence-electron chi connectivity index (χ4n) is 1.19. The summed E-state index contributed by atoms with van der Waals surface area (Å²) in [5.41, 5.74) is 1.12. The number of carbonyl (C=O) groups excluding carboxylic acids is 1. The minimum absolute atomic E-state index is 0.420. The van der Waals surface area contributed by atoms with Crippen LogP contribution in [0.1, 0.15) is 28.9 Å². The lowest BCUT2D eigenvalue weighted by molar-refractivity contribution is 0.0600. The molecule has 88 valence electrons. The van der Waals surface area contributed by atoms with Crippen molar-refractivity contribution in [2.45, 2.75) is 13.0 Å². The van der Waals surface area contributed by atoms with Gasteiger partial charge >= 0.3 is 17.3 Å². The molecule has 1 aromatic carbocycles. The van der Waals surface area contributed by atoms with Crippen molar-refractivity contribution in [3.63, 3.8) is 0 Å². The number of esters is 1. The summed E-state index contributed by atoms with van der Waals surface area (Å²) in [6.45, 7) is 1.64. The molecule has 0 aliphatic rings. The van der Waals surface area contributed by atoms with Crippen molar-refractivity contribution in [2.24, 2.45) is 0 Å². The molecule has 2 unspecified atom stereocenters. The summed E-state index contributed by atoms with van der Waals surface area (Å²) in [6, 6.07) is 6.43. The molecule has 1 aromatic rings. The van der Waals surface area contributed by atoms with Crippen LogP contribution in [-0.4, -0.2) is 21.8 Å². The van der Waals surface area contributed by atoms with E-state index in [-0.39, 0.29) is 0 Å². The molecular weight excluding hydrogens is 232 g/mol. The second kappa shape index (κ2) is 5.74. The topological polar surface area (TPSA) is 72.8 Å². The van der Waals surface area contributed by atoms with Crippen molar-refractivity contribution in [3.05, 3.63) is 35.4 Å². The van der Waals surface area contributed by atoms with E-state index in [2.05, 4.69) is 8.92 Å². The van der Waals surface area contributed by atoms with Crippen molar-refractivity contribution < 1.29 is 22.5 Å². The summed E-state index contributed by atoms with van der Waals surface area (Å²) < 4.78 is 28.2. The van der Waals surface area contributed by atoms with Gasteiger partial charge in [0.05, 0.1) is 18.8 Å². The van der Waals surface area contributed by atoms with E-state index in [1.54, 1.807) is 31.2 Å². The zero-order chi connectivity index (χ0) is 12.1. The third kappa shape index (κ3) is 3.41. The number of rotatable bonds is 4. The first kappa shape index (κ1) is 12.8. The lowest BCUT2D eigenvalue weighted by atomic mass is 10.1. The van der Waals surface area contributed by atoms with Gasteiger partial charge in [-0.2, -0.15) is 4.21 Å². The standard InChI is InChI=1S/C10H12O5S/c1-7(15-16(12)13)8-3-5-9(6-4-8)10(11)14-2/h3-7H,1-2H3,(H,12,13). The lowest BCUT2D eigenvalue weighted by Crippen LogP contribution is -2.04. The van der Waals surface area contributed by atoms with Gasteiger partial charge < -0.3 is 4.74 Å². The minimum atomic E-state index is -2.30. The van der Waals surface area contributed by atoms with Gasteiger partial charge in [0, 0.05) is 0 Å². The fourth-order valence-corrected chi connectivity index (χ4v) is 1.55. The number of hydrogen-bond donors (Lipinski definition) is 1. The molecule has 0 aliphatic heterocycles. The van der Waals surface area contributed by atoms with Crippen molar-refractivity contribution in [1.29, 1.82) is 0 Å². The Morgan fingerprint density at radius 2 is 1.94 bits per heavy atom. The van der Waals surface area contributed by atoms with Crippen LogP contribution < -0.4 is 0 Å². The first-order valence-electron chi connectivity index (χ1n) is 4.51. The summed E-state index contributed by atoms with van der Waals surface area (Å²) in [5, 5.41) is 0. The average Bonchev–Trinajstić information content (AvgIpc) is 2.27. The Balaban J connectivity index is 2.78. The van der Waals surface area contributed by atoms with Crippen LogP contribution in [0, 0.1) is 0 Å². The molecule has 0 heterocycles. The molecule has 1 rings (SSSR count). The highest BCUT2D eigenvalue weighted by Gasteiger charge is 2.10.